The molecule has 128 valence electrons. The molecule has 1 aromatic carbocycles. The topological polar surface area (TPSA) is 109 Å². The SMILES string of the molecule is Cc1nc(NC(=O)c2ccccc2C(=O)O)nc2c1C(=O)CC(C)C2. The number of aromatic nitrogens is 2. The van der Waals surface area contributed by atoms with E-state index in [-0.39, 0.29) is 28.8 Å². The van der Waals surface area contributed by atoms with E-state index in [4.69, 9.17) is 0 Å². The fourth-order valence-electron chi connectivity index (χ4n) is 3.06. The summed E-state index contributed by atoms with van der Waals surface area (Å²) in [7, 11) is 0. The minimum absolute atomic E-state index is 0.0142. The number of carboxylic acids is 1. The number of carbonyl (C=O) groups is 3. The zero-order chi connectivity index (χ0) is 18.1. The summed E-state index contributed by atoms with van der Waals surface area (Å²) >= 11 is 0. The summed E-state index contributed by atoms with van der Waals surface area (Å²) in [6.45, 7) is 3.68. The second-order valence-corrected chi connectivity index (χ2v) is 6.20. The Labute approximate surface area is 144 Å². The predicted octanol–water partition coefficient (Wildman–Crippen LogP) is 2.50. The lowest BCUT2D eigenvalue weighted by Crippen LogP contribution is -2.24. The zero-order valence-electron chi connectivity index (χ0n) is 13.9. The summed E-state index contributed by atoms with van der Waals surface area (Å²) in [5, 5.41) is 11.7. The highest BCUT2D eigenvalue weighted by molar-refractivity contribution is 6.10. The molecule has 1 heterocycles. The third-order valence-electron chi connectivity index (χ3n) is 4.15. The lowest BCUT2D eigenvalue weighted by molar-refractivity contribution is 0.0692. The van der Waals surface area contributed by atoms with Crippen LogP contribution < -0.4 is 5.32 Å². The minimum Gasteiger partial charge on any atom is -0.478 e. The van der Waals surface area contributed by atoms with Crippen molar-refractivity contribution >= 4 is 23.6 Å². The van der Waals surface area contributed by atoms with E-state index in [0.717, 1.165) is 0 Å². The van der Waals surface area contributed by atoms with Crippen molar-refractivity contribution in [3.05, 3.63) is 52.3 Å². The number of nitrogens with one attached hydrogen (secondary N) is 1. The molecule has 3 rings (SSSR count). The second kappa shape index (κ2) is 6.43. The number of amides is 1. The van der Waals surface area contributed by atoms with Crippen LogP contribution in [0, 0.1) is 12.8 Å². The molecule has 7 heteroatoms. The molecular formula is C18H17N3O4. The smallest absolute Gasteiger partial charge is 0.336 e. The average molecular weight is 339 g/mol. The molecule has 2 N–H and O–H groups in total. The van der Waals surface area contributed by atoms with Crippen LogP contribution in [0.1, 0.15) is 55.8 Å². The van der Waals surface area contributed by atoms with Gasteiger partial charge in [0, 0.05) is 6.42 Å². The number of aromatic carboxylic acids is 1. The molecule has 0 fully saturated rings. The number of benzene rings is 1. The molecule has 25 heavy (non-hydrogen) atoms. The van der Waals surface area contributed by atoms with E-state index in [9.17, 15) is 19.5 Å². The molecule has 1 amide bonds. The van der Waals surface area contributed by atoms with Gasteiger partial charge in [-0.3, -0.25) is 14.9 Å². The monoisotopic (exact) mass is 339 g/mol. The first-order chi connectivity index (χ1) is 11.9. The minimum atomic E-state index is -1.19. The van der Waals surface area contributed by atoms with Crippen LogP contribution in [0.2, 0.25) is 0 Å². The quantitative estimate of drug-likeness (QED) is 0.889. The maximum atomic E-state index is 12.4. The van der Waals surface area contributed by atoms with Gasteiger partial charge in [0.1, 0.15) is 0 Å². The Kier molecular flexibility index (Phi) is 4.31. The number of Topliss-reactive ketones (excluding diaryl/α,β-unsaturated/α-hetero) is 1. The van der Waals surface area contributed by atoms with Crippen molar-refractivity contribution in [2.24, 2.45) is 5.92 Å². The highest BCUT2D eigenvalue weighted by atomic mass is 16.4. The molecule has 0 aliphatic heterocycles. The van der Waals surface area contributed by atoms with Gasteiger partial charge >= 0.3 is 5.97 Å². The Bertz CT molecular complexity index is 892. The molecule has 1 aromatic heterocycles. The maximum Gasteiger partial charge on any atom is 0.336 e. The van der Waals surface area contributed by atoms with Gasteiger partial charge in [-0.1, -0.05) is 19.1 Å². The Morgan fingerprint density at radius 2 is 1.84 bits per heavy atom. The Balaban J connectivity index is 1.93. The highest BCUT2D eigenvalue weighted by Crippen LogP contribution is 2.26. The molecule has 1 aliphatic rings. The fourth-order valence-corrected chi connectivity index (χ4v) is 3.06. The Morgan fingerprint density at radius 3 is 2.52 bits per heavy atom. The van der Waals surface area contributed by atoms with Crippen LogP contribution in [-0.2, 0) is 6.42 Å². The Hall–Kier alpha value is -3.09. The molecule has 1 unspecified atom stereocenters. The van der Waals surface area contributed by atoms with Crippen LogP contribution in [0.25, 0.3) is 0 Å². The number of carbonyl (C=O) groups excluding carboxylic acids is 2. The second-order valence-electron chi connectivity index (χ2n) is 6.20. The normalized spacial score (nSPS) is 16.2. The van der Waals surface area contributed by atoms with Crippen molar-refractivity contribution in [1.29, 1.82) is 0 Å². The van der Waals surface area contributed by atoms with Gasteiger partial charge in [0.25, 0.3) is 5.91 Å². The van der Waals surface area contributed by atoms with Gasteiger partial charge < -0.3 is 5.11 Å². The van der Waals surface area contributed by atoms with Crippen LogP contribution in [-0.4, -0.2) is 32.7 Å². The molecule has 0 spiro atoms. The summed E-state index contributed by atoms with van der Waals surface area (Å²) < 4.78 is 0. The van der Waals surface area contributed by atoms with Crippen molar-refractivity contribution in [1.82, 2.24) is 9.97 Å². The molecule has 2 aromatic rings. The number of hydrogen-bond donors (Lipinski definition) is 2. The van der Waals surface area contributed by atoms with E-state index in [2.05, 4.69) is 15.3 Å². The molecule has 1 aliphatic carbocycles. The van der Waals surface area contributed by atoms with Crippen molar-refractivity contribution in [2.45, 2.75) is 26.7 Å². The van der Waals surface area contributed by atoms with Crippen LogP contribution >= 0.6 is 0 Å². The highest BCUT2D eigenvalue weighted by Gasteiger charge is 2.27. The summed E-state index contributed by atoms with van der Waals surface area (Å²) in [5.74, 6) is -1.52. The number of hydrogen-bond acceptors (Lipinski definition) is 5. The molecule has 0 radical (unpaired) electrons. The summed E-state index contributed by atoms with van der Waals surface area (Å²) in [6, 6.07) is 5.92. The van der Waals surface area contributed by atoms with Crippen LogP contribution in [0.3, 0.4) is 0 Å². The van der Waals surface area contributed by atoms with Crippen LogP contribution in [0.15, 0.2) is 24.3 Å². The van der Waals surface area contributed by atoms with Crippen molar-refractivity contribution in [3.8, 4) is 0 Å². The third-order valence-corrected chi connectivity index (χ3v) is 4.15. The standard InChI is InChI=1S/C18H17N3O4/c1-9-7-13-15(14(22)8-9)10(2)19-18(20-13)21-16(23)11-5-3-4-6-12(11)17(24)25/h3-6,9H,7-8H2,1-2H3,(H,24,25)(H,19,20,21,23). The summed E-state index contributed by atoms with van der Waals surface area (Å²) in [5.41, 5.74) is 1.60. The van der Waals surface area contributed by atoms with E-state index in [0.29, 0.717) is 29.8 Å². The van der Waals surface area contributed by atoms with E-state index in [1.165, 1.54) is 12.1 Å². The van der Waals surface area contributed by atoms with E-state index < -0.39 is 11.9 Å². The van der Waals surface area contributed by atoms with E-state index >= 15 is 0 Å². The van der Waals surface area contributed by atoms with E-state index in [1.807, 2.05) is 6.92 Å². The molecule has 0 saturated heterocycles. The van der Waals surface area contributed by atoms with Crippen molar-refractivity contribution in [2.75, 3.05) is 5.32 Å². The first-order valence-electron chi connectivity index (χ1n) is 7.91. The van der Waals surface area contributed by atoms with Gasteiger partial charge in [0.15, 0.2) is 5.78 Å². The maximum absolute atomic E-state index is 12.4. The zero-order valence-corrected chi connectivity index (χ0v) is 13.9. The average Bonchev–Trinajstić information content (AvgIpc) is 2.53. The van der Waals surface area contributed by atoms with Gasteiger partial charge in [0.2, 0.25) is 5.95 Å². The van der Waals surface area contributed by atoms with Gasteiger partial charge in [-0.15, -0.1) is 0 Å². The summed E-state index contributed by atoms with van der Waals surface area (Å²) in [4.78, 5) is 44.3. The largest absolute Gasteiger partial charge is 0.478 e. The number of ketones is 1. The van der Waals surface area contributed by atoms with Crippen LogP contribution in [0.4, 0.5) is 5.95 Å². The number of aryl methyl sites for hydroxylation is 1. The lowest BCUT2D eigenvalue weighted by Gasteiger charge is -2.21. The number of nitrogens with zero attached hydrogens (tertiary/aromatic N) is 2. The first kappa shape index (κ1) is 16.8. The number of rotatable bonds is 3. The number of fused-ring (bicyclic) bond motifs is 1. The molecule has 1 atom stereocenters. The number of anilines is 1. The van der Waals surface area contributed by atoms with Gasteiger partial charge in [0.05, 0.1) is 28.1 Å². The lowest BCUT2D eigenvalue weighted by atomic mass is 9.86. The fraction of sp³-hybridized carbons (Fsp3) is 0.278. The predicted molar refractivity (Wildman–Crippen MR) is 89.9 cm³/mol. The molecule has 0 saturated carbocycles. The first-order valence-corrected chi connectivity index (χ1v) is 7.91. The van der Waals surface area contributed by atoms with Gasteiger partial charge in [-0.05, 0) is 31.4 Å². The number of carboxylic acid groups (broad SMARTS) is 1. The van der Waals surface area contributed by atoms with Crippen molar-refractivity contribution < 1.29 is 19.5 Å². The summed E-state index contributed by atoms with van der Waals surface area (Å²) in [6.07, 6.45) is 1.11. The molecular weight excluding hydrogens is 322 g/mol. The van der Waals surface area contributed by atoms with Gasteiger partial charge in [-0.2, -0.15) is 0 Å². The van der Waals surface area contributed by atoms with E-state index in [1.54, 1.807) is 19.1 Å². The Morgan fingerprint density at radius 1 is 1.16 bits per heavy atom. The van der Waals surface area contributed by atoms with Crippen molar-refractivity contribution in [3.63, 3.8) is 0 Å². The molecule has 0 bridgehead atoms. The van der Waals surface area contributed by atoms with Gasteiger partial charge in [-0.25, -0.2) is 14.8 Å². The molecule has 7 nitrogen and oxygen atoms in total. The van der Waals surface area contributed by atoms with Crippen LogP contribution in [0.5, 0.6) is 0 Å². The third kappa shape index (κ3) is 3.26.